The molecule has 3 unspecified atom stereocenters. The Morgan fingerprint density at radius 1 is 1.50 bits per heavy atom. The van der Waals surface area contributed by atoms with E-state index in [-0.39, 0.29) is 11.3 Å². The molecule has 122 valence electrons. The fourth-order valence-corrected chi connectivity index (χ4v) is 6.30. The van der Waals surface area contributed by atoms with Gasteiger partial charge in [-0.1, -0.05) is 6.58 Å². The van der Waals surface area contributed by atoms with Crippen LogP contribution in [0.1, 0.15) is 19.0 Å². The maximum atomic E-state index is 13.6. The van der Waals surface area contributed by atoms with Crippen molar-refractivity contribution < 1.29 is 8.78 Å². The van der Waals surface area contributed by atoms with Gasteiger partial charge < -0.3 is 5.32 Å². The van der Waals surface area contributed by atoms with E-state index in [4.69, 9.17) is 0 Å². The Labute approximate surface area is 131 Å². The van der Waals surface area contributed by atoms with Crippen LogP contribution in [0.3, 0.4) is 0 Å². The third-order valence-electron chi connectivity index (χ3n) is 4.41. The van der Waals surface area contributed by atoms with Gasteiger partial charge in [0.25, 0.3) is 5.92 Å². The molecule has 3 rings (SSSR count). The van der Waals surface area contributed by atoms with Gasteiger partial charge in [0.15, 0.2) is 0 Å². The Morgan fingerprint density at radius 2 is 2.27 bits per heavy atom. The first kappa shape index (κ1) is 15.7. The molecule has 0 saturated carbocycles. The van der Waals surface area contributed by atoms with Crippen molar-refractivity contribution >= 4 is 16.0 Å². The second-order valence-corrected chi connectivity index (χ2v) is 9.99. The van der Waals surface area contributed by atoms with E-state index in [0.717, 1.165) is 5.75 Å². The number of hydrogen-bond donors (Lipinski definition) is 2. The molecule has 2 N–H and O–H groups in total. The van der Waals surface area contributed by atoms with Gasteiger partial charge in [-0.05, 0) is 30.9 Å². The molecule has 2 bridgehead atoms. The summed E-state index contributed by atoms with van der Waals surface area (Å²) in [6, 6.07) is 0.861. The van der Waals surface area contributed by atoms with Gasteiger partial charge in [-0.15, -0.1) is 0 Å². The van der Waals surface area contributed by atoms with Gasteiger partial charge in [0.2, 0.25) is 0 Å². The molecule has 0 aromatic carbocycles. The first-order valence-corrected chi connectivity index (χ1v) is 9.78. The lowest BCUT2D eigenvalue weighted by atomic mass is 10.1. The van der Waals surface area contributed by atoms with E-state index in [1.807, 2.05) is 0 Å². The van der Waals surface area contributed by atoms with Gasteiger partial charge in [0.05, 0.1) is 30.6 Å². The molecule has 2 fully saturated rings. The number of hydrogen-bond acceptors (Lipinski definition) is 4. The van der Waals surface area contributed by atoms with E-state index in [2.05, 4.69) is 32.8 Å². The molecule has 0 radical (unpaired) electrons. The number of halogens is 2. The van der Waals surface area contributed by atoms with Crippen LogP contribution < -0.4 is 10.0 Å². The van der Waals surface area contributed by atoms with Crippen LogP contribution in [0.25, 0.3) is 0 Å². The van der Waals surface area contributed by atoms with Gasteiger partial charge in [-0.3, -0.25) is 9.71 Å². The Bertz CT molecular complexity index is 577. The molecule has 2 aliphatic rings. The second kappa shape index (κ2) is 5.45. The summed E-state index contributed by atoms with van der Waals surface area (Å²) < 4.78 is 30.9. The van der Waals surface area contributed by atoms with Gasteiger partial charge in [0, 0.05) is 11.8 Å². The Kier molecular flexibility index (Phi) is 3.89. The molecule has 1 aromatic rings. The molecule has 0 aliphatic carbocycles. The normalized spacial score (nSPS) is 33.5. The van der Waals surface area contributed by atoms with Crippen LogP contribution in [0.5, 0.6) is 0 Å². The van der Waals surface area contributed by atoms with Crippen LogP contribution in [-0.2, 0) is 6.42 Å². The highest BCUT2D eigenvalue weighted by atomic mass is 32.3. The third-order valence-corrected chi connectivity index (χ3v) is 7.52. The van der Waals surface area contributed by atoms with Crippen LogP contribution in [0.4, 0.5) is 14.6 Å². The van der Waals surface area contributed by atoms with Crippen molar-refractivity contribution in [3.63, 3.8) is 0 Å². The summed E-state index contributed by atoms with van der Waals surface area (Å²) in [7, 11) is -0.648. The highest BCUT2D eigenvalue weighted by Gasteiger charge is 2.44. The third kappa shape index (κ3) is 3.10. The predicted molar refractivity (Wildman–Crippen MR) is 87.7 cm³/mol. The van der Waals surface area contributed by atoms with Crippen LogP contribution in [0.2, 0.25) is 0 Å². The number of anilines is 1. The summed E-state index contributed by atoms with van der Waals surface area (Å²) in [5, 5.41) is 3.39. The Morgan fingerprint density at radius 3 is 2.77 bits per heavy atom. The van der Waals surface area contributed by atoms with Crippen molar-refractivity contribution in [1.29, 1.82) is 0 Å². The molecule has 4 nitrogen and oxygen atoms in total. The van der Waals surface area contributed by atoms with Crippen LogP contribution in [0.15, 0.2) is 24.5 Å². The summed E-state index contributed by atoms with van der Waals surface area (Å²) in [5.41, 5.74) is 0.128. The van der Waals surface area contributed by atoms with E-state index < -0.39 is 22.6 Å². The van der Waals surface area contributed by atoms with E-state index in [1.165, 1.54) is 25.3 Å². The summed E-state index contributed by atoms with van der Waals surface area (Å²) in [5.74, 6) is 0.145. The van der Waals surface area contributed by atoms with Crippen molar-refractivity contribution in [1.82, 2.24) is 14.7 Å². The number of fused-ring (bicyclic) bond motifs is 2. The zero-order valence-corrected chi connectivity index (χ0v) is 13.7. The fourth-order valence-electron chi connectivity index (χ4n) is 3.03. The first-order valence-electron chi connectivity index (χ1n) is 7.40. The lowest BCUT2D eigenvalue weighted by Crippen LogP contribution is -2.36. The summed E-state index contributed by atoms with van der Waals surface area (Å²) >= 11 is 0. The van der Waals surface area contributed by atoms with Crippen LogP contribution in [-0.4, -0.2) is 45.7 Å². The minimum Gasteiger partial charge on any atom is -0.364 e. The van der Waals surface area contributed by atoms with Crippen LogP contribution >= 0.6 is 10.2 Å². The van der Waals surface area contributed by atoms with Crippen molar-refractivity contribution in [3.8, 4) is 0 Å². The molecule has 2 aliphatic heterocycles. The molecule has 0 amide bonds. The number of nitrogens with zero attached hydrogens (tertiary/aromatic N) is 2. The summed E-state index contributed by atoms with van der Waals surface area (Å²) in [4.78, 5) is 8.34. The number of nitrogens with one attached hydrogen (secondary N) is 2. The number of alkyl halides is 2. The molecule has 1 aromatic heterocycles. The van der Waals surface area contributed by atoms with Gasteiger partial charge in [-0.2, -0.15) is 10.2 Å². The average Bonchev–Trinajstić information content (AvgIpc) is 2.96. The molecule has 22 heavy (non-hydrogen) atoms. The fraction of sp³-hybridized carbons (Fsp3) is 0.600. The van der Waals surface area contributed by atoms with Gasteiger partial charge in [0.1, 0.15) is 5.82 Å². The molecular weight excluding hydrogens is 306 g/mol. The van der Waals surface area contributed by atoms with E-state index in [9.17, 15) is 8.78 Å². The molecule has 3 heterocycles. The Hall–Kier alpha value is -1.21. The summed E-state index contributed by atoms with van der Waals surface area (Å²) in [6.07, 6.45) is 6.04. The molecule has 7 heteroatoms. The quantitative estimate of drug-likeness (QED) is 0.816. The van der Waals surface area contributed by atoms with E-state index in [1.54, 1.807) is 6.20 Å². The topological polar surface area (TPSA) is 49.8 Å². The van der Waals surface area contributed by atoms with Gasteiger partial charge in [-0.25, -0.2) is 13.8 Å². The van der Waals surface area contributed by atoms with Crippen LogP contribution in [0, 0.1) is 0 Å². The average molecular weight is 328 g/mol. The monoisotopic (exact) mass is 328 g/mol. The van der Waals surface area contributed by atoms with Crippen molar-refractivity contribution in [2.24, 2.45) is 0 Å². The smallest absolute Gasteiger partial charge is 0.274 e. The maximum Gasteiger partial charge on any atom is 0.274 e. The largest absolute Gasteiger partial charge is 0.364 e. The zero-order chi connectivity index (χ0) is 16.0. The second-order valence-electron chi connectivity index (χ2n) is 6.46. The Balaban J connectivity index is 1.62. The van der Waals surface area contributed by atoms with E-state index >= 15 is 0 Å². The lowest BCUT2D eigenvalue weighted by Gasteiger charge is -2.29. The molecule has 3 atom stereocenters. The van der Waals surface area contributed by atoms with Gasteiger partial charge >= 0.3 is 0 Å². The maximum absolute atomic E-state index is 13.6. The van der Waals surface area contributed by atoms with Crippen molar-refractivity contribution in [2.45, 2.75) is 37.8 Å². The molecule has 2 saturated heterocycles. The standard InChI is InChI=1S/C15H22F2N4S/c1-10(2)15(16,17)6-11-7-19-14(8-18-11)20-13-9-22(3)5-4-12(13)21-22/h7-8,12-13,21H,1,4-6,9H2,2-3H3,(H,19,20). The highest BCUT2D eigenvalue weighted by Crippen LogP contribution is 2.53. The zero-order valence-electron chi connectivity index (χ0n) is 12.9. The number of aromatic nitrogens is 2. The molecule has 0 spiro atoms. The SMILES string of the molecule is C=C(C)C(F)(F)Cc1cnc(NC2CS3(C)CCC2N3)cn1. The predicted octanol–water partition coefficient (Wildman–Crippen LogP) is 2.74. The highest BCUT2D eigenvalue weighted by molar-refractivity contribution is 8.32. The van der Waals surface area contributed by atoms with Crippen molar-refractivity contribution in [3.05, 3.63) is 30.2 Å². The number of rotatable bonds is 5. The first-order chi connectivity index (χ1) is 10.3. The summed E-state index contributed by atoms with van der Waals surface area (Å²) in [6.45, 7) is 4.65. The molecular formula is C15H22F2N4S. The van der Waals surface area contributed by atoms with Crippen molar-refractivity contribution in [2.75, 3.05) is 23.1 Å². The van der Waals surface area contributed by atoms with E-state index in [0.29, 0.717) is 17.9 Å². The number of allylic oxidation sites excluding steroid dienone is 1. The minimum atomic E-state index is -2.93. The lowest BCUT2D eigenvalue weighted by molar-refractivity contribution is 0.0417. The minimum absolute atomic E-state index is 0.152.